The van der Waals surface area contributed by atoms with Gasteiger partial charge in [-0.2, -0.15) is 0 Å². The first-order valence-corrected chi connectivity index (χ1v) is 25.6. The Morgan fingerprint density at radius 2 is 1.06 bits per heavy atom. The molecule has 0 fully saturated rings. The van der Waals surface area contributed by atoms with Crippen molar-refractivity contribution in [3.8, 4) is 89.9 Å². The van der Waals surface area contributed by atoms with Gasteiger partial charge in [0.05, 0.1) is 28.8 Å². The molecule has 7 aromatic carbocycles. The topological polar surface area (TPSA) is 117 Å². The van der Waals surface area contributed by atoms with E-state index >= 15 is 0 Å². The third-order valence-corrected chi connectivity index (χ3v) is 14.4. The molecule has 0 unspecified atom stereocenters. The summed E-state index contributed by atoms with van der Waals surface area (Å²) in [6, 6.07) is 66.6. The molecule has 0 amide bonds. The van der Waals surface area contributed by atoms with Crippen molar-refractivity contribution in [3.05, 3.63) is 246 Å². The summed E-state index contributed by atoms with van der Waals surface area (Å²) in [6.07, 6.45) is 6.22. The number of nitrogens with zero attached hydrogens (tertiary/aromatic N) is 7. The van der Waals surface area contributed by atoms with Crippen molar-refractivity contribution >= 4 is 22.9 Å². The van der Waals surface area contributed by atoms with Crippen LogP contribution in [0.25, 0.3) is 89.9 Å². The van der Waals surface area contributed by atoms with Gasteiger partial charge in [0.15, 0.2) is 6.39 Å². The maximum absolute atomic E-state index is 5.07. The molecule has 0 spiro atoms. The summed E-state index contributed by atoms with van der Waals surface area (Å²) < 4.78 is 14.0. The molecule has 0 N–H and O–H groups in total. The van der Waals surface area contributed by atoms with Gasteiger partial charge in [-0.15, -0.1) is 140 Å². The fourth-order valence-electron chi connectivity index (χ4n) is 9.54. The number of hydrogen-bond donors (Lipinski definition) is 0. The van der Waals surface area contributed by atoms with Crippen molar-refractivity contribution in [1.82, 2.24) is 34.5 Å². The van der Waals surface area contributed by atoms with Crippen molar-refractivity contribution in [2.24, 2.45) is 0 Å². The first-order chi connectivity index (χ1) is 36.2. The molecule has 12 aromatic rings. The molecule has 0 aliphatic heterocycles. The maximum Gasteiger partial charge on any atom is 0.203 e. The fraction of sp³-hybridized carbons (Fsp3) is 0.0952. The second kappa shape index (κ2) is 26.7. The standard InChI is InChI=1S/C18H14NO.C18H14NS.C14H9N2O.C13H8N3S.3Ir.Pt/c2*1-18(2)15-6-4-3-5-13(15)14-8-7-12(9-16(14)18)17-10-20-11-19-17;1-2-5-11(6-3-1)12-7-4-8-13(9-12)14-15-10-17-16-14;1-2-7-14-12(6-1)10-4-3-5-11(8-10)13-15-9-17-16-13;;;;/h2*3-6,8-11H,1-2H3;1-7,9-10H;1-4,6-9H;;;;/q4*-1;;;;. The molecule has 78 heavy (non-hydrogen) atoms. The van der Waals surface area contributed by atoms with Crippen LogP contribution < -0.4 is 0 Å². The van der Waals surface area contributed by atoms with Gasteiger partial charge in [0.1, 0.15) is 5.82 Å². The van der Waals surface area contributed by atoms with Crippen LogP contribution in [0.15, 0.2) is 208 Å². The van der Waals surface area contributed by atoms with Gasteiger partial charge in [0.2, 0.25) is 6.39 Å². The van der Waals surface area contributed by atoms with Gasteiger partial charge in [-0.3, -0.25) is 19.9 Å². The van der Waals surface area contributed by atoms with Gasteiger partial charge in [-0.05, 0) is 62.3 Å². The average Bonchev–Trinajstić information content (AvgIpc) is 4.54. The summed E-state index contributed by atoms with van der Waals surface area (Å²) in [5.74, 6) is 1.27. The summed E-state index contributed by atoms with van der Waals surface area (Å²) in [6.45, 7) is 9.12. The summed E-state index contributed by atoms with van der Waals surface area (Å²) >= 11 is 2.96. The van der Waals surface area contributed by atoms with E-state index in [4.69, 9.17) is 8.94 Å². The normalized spacial score (nSPS) is 12.2. The zero-order chi connectivity index (χ0) is 50.5. The predicted octanol–water partition coefficient (Wildman–Crippen LogP) is 15.6. The number of benzene rings is 7. The molecule has 5 heterocycles. The maximum atomic E-state index is 5.07. The van der Waals surface area contributed by atoms with Gasteiger partial charge in [-0.25, -0.2) is 9.36 Å². The number of aromatic nitrogens is 7. The summed E-state index contributed by atoms with van der Waals surface area (Å²) in [7, 11) is 0. The van der Waals surface area contributed by atoms with Gasteiger partial charge >= 0.3 is 0 Å². The summed E-state index contributed by atoms with van der Waals surface area (Å²) in [4.78, 5) is 21.1. The Morgan fingerprint density at radius 1 is 0.462 bits per heavy atom. The van der Waals surface area contributed by atoms with E-state index < -0.39 is 0 Å². The van der Waals surface area contributed by atoms with Crippen LogP contribution in [0, 0.1) is 24.3 Å². The Balaban J connectivity index is 0.000000149. The minimum atomic E-state index is 0. The van der Waals surface area contributed by atoms with Crippen LogP contribution in [0.1, 0.15) is 49.9 Å². The number of thiazole rings is 1. The molecule has 9 nitrogen and oxygen atoms in total. The largest absolute Gasteiger partial charge is 0.462 e. The van der Waals surface area contributed by atoms with E-state index in [0.29, 0.717) is 11.6 Å². The molecule has 15 heteroatoms. The molecule has 2 aliphatic rings. The Hall–Kier alpha value is -6.13. The number of fused-ring (bicyclic) bond motifs is 6. The summed E-state index contributed by atoms with van der Waals surface area (Å²) in [5, 5.41) is 5.88. The molecule has 0 bridgehead atoms. The van der Waals surface area contributed by atoms with Gasteiger partial charge in [-0.1, -0.05) is 140 Å². The molecule has 0 saturated heterocycles. The smallest absolute Gasteiger partial charge is 0.203 e. The minimum absolute atomic E-state index is 0. The van der Waals surface area contributed by atoms with Crippen molar-refractivity contribution in [2.75, 3.05) is 0 Å². The zero-order valence-corrected chi connectivity index (χ0v) is 53.2. The second-order valence-electron chi connectivity index (χ2n) is 18.5. The van der Waals surface area contributed by atoms with Gasteiger partial charge < -0.3 is 8.94 Å². The van der Waals surface area contributed by atoms with Crippen LogP contribution >= 0.6 is 22.9 Å². The first kappa shape index (κ1) is 59.5. The van der Waals surface area contributed by atoms with Crippen molar-refractivity contribution < 1.29 is 90.3 Å². The molecule has 0 atom stereocenters. The molecule has 0 saturated carbocycles. The van der Waals surface area contributed by atoms with Crippen molar-refractivity contribution in [3.63, 3.8) is 0 Å². The van der Waals surface area contributed by atoms with E-state index in [1.165, 1.54) is 68.8 Å². The Labute approximate surface area is 517 Å². The first-order valence-electron chi connectivity index (χ1n) is 23.9. The molecule has 14 rings (SSSR count). The van der Waals surface area contributed by atoms with Gasteiger partial charge in [0, 0.05) is 93.3 Å². The number of hydrogen-bond acceptors (Lipinski definition) is 11. The molecule has 2 aliphatic carbocycles. The van der Waals surface area contributed by atoms with Crippen LogP contribution in [0.2, 0.25) is 0 Å². The minimum Gasteiger partial charge on any atom is -0.462 e. The molecular formula is C63H45Ir3N7O2PtS2-4. The van der Waals surface area contributed by atoms with E-state index in [0.717, 1.165) is 56.0 Å². The van der Waals surface area contributed by atoms with E-state index in [1.54, 1.807) is 29.3 Å². The second-order valence-corrected chi connectivity index (χ2v) is 19.8. The van der Waals surface area contributed by atoms with Gasteiger partial charge in [0.25, 0.3) is 0 Å². The van der Waals surface area contributed by atoms with E-state index in [2.05, 4.69) is 177 Å². The van der Waals surface area contributed by atoms with Crippen LogP contribution in [-0.2, 0) is 92.2 Å². The number of oxazole rings is 1. The average molecular weight is 1770 g/mol. The Morgan fingerprint density at radius 3 is 1.63 bits per heavy atom. The van der Waals surface area contributed by atoms with E-state index in [1.807, 2.05) is 78.3 Å². The van der Waals surface area contributed by atoms with Crippen molar-refractivity contribution in [2.45, 2.75) is 38.5 Å². The van der Waals surface area contributed by atoms with Crippen molar-refractivity contribution in [1.29, 1.82) is 0 Å². The Kier molecular flexibility index (Phi) is 20.4. The monoisotopic (exact) mass is 1770 g/mol. The summed E-state index contributed by atoms with van der Waals surface area (Å²) in [5.41, 5.74) is 24.3. The molecular weight excluding hydrogens is 1720 g/mol. The van der Waals surface area contributed by atoms with E-state index in [9.17, 15) is 0 Å². The number of pyridine rings is 1. The fourth-order valence-corrected chi connectivity index (χ4v) is 10.5. The van der Waals surface area contributed by atoms with Crippen LogP contribution in [0.5, 0.6) is 0 Å². The van der Waals surface area contributed by atoms with Crippen LogP contribution in [-0.4, -0.2) is 34.5 Å². The third kappa shape index (κ3) is 12.6. The van der Waals surface area contributed by atoms with Crippen LogP contribution in [0.3, 0.4) is 0 Å². The number of rotatable bonds is 6. The zero-order valence-electron chi connectivity index (χ0n) is 42.1. The Bertz CT molecular complexity index is 3560. The SMILES string of the molecule is CC1(C)c2ccccc2-c2c[c-]c(-c3cocn3)cc21.CC1(C)c2ccccc2-c2c[c-]c(-c3cscn3)cc21.[Ir].[Ir].[Ir].[Pt].[c-]1ccc(-c2ccccc2)cc1-c1ncon1.[c-]1ccc(-c2ccccn2)cc1-c1ncsn1. The predicted molar refractivity (Wildman–Crippen MR) is 294 cm³/mol. The third-order valence-electron chi connectivity index (χ3n) is 13.3. The molecule has 397 valence electrons. The van der Waals surface area contributed by atoms with Crippen LogP contribution in [0.4, 0.5) is 0 Å². The molecule has 3 radical (unpaired) electrons. The molecule has 5 aromatic heterocycles. The van der Waals surface area contributed by atoms with E-state index in [-0.39, 0.29) is 92.2 Å². The quantitative estimate of drug-likeness (QED) is 0.150.